The Hall–Kier alpha value is -2.41. The molecular weight excluding hydrogens is 335 g/mol. The lowest BCUT2D eigenvalue weighted by molar-refractivity contribution is 0.0755. The van der Waals surface area contributed by atoms with Gasteiger partial charge in [0, 0.05) is 45.5 Å². The van der Waals surface area contributed by atoms with Crippen molar-refractivity contribution in [1.82, 2.24) is 19.6 Å². The summed E-state index contributed by atoms with van der Waals surface area (Å²) in [5.41, 5.74) is 1.10. The number of aromatic nitrogens is 2. The molecule has 0 radical (unpaired) electrons. The normalized spacial score (nSPS) is 15.7. The Bertz CT molecular complexity index is 762. The molecule has 3 rings (SSSR count). The van der Waals surface area contributed by atoms with Gasteiger partial charge in [0.15, 0.2) is 11.6 Å². The van der Waals surface area contributed by atoms with Crippen LogP contribution in [0, 0.1) is 5.82 Å². The molecule has 1 aromatic heterocycles. The number of carbonyl (C=O) groups is 1. The zero-order valence-electron chi connectivity index (χ0n) is 15.3. The van der Waals surface area contributed by atoms with E-state index in [4.69, 9.17) is 4.74 Å². The minimum absolute atomic E-state index is 0.0690. The topological polar surface area (TPSA) is 50.6 Å². The first-order valence-electron chi connectivity index (χ1n) is 8.98. The predicted octanol–water partition coefficient (Wildman–Crippen LogP) is 2.40. The molecule has 0 atom stereocenters. The second-order valence-electron chi connectivity index (χ2n) is 6.41. The SMILES string of the molecule is CCn1ccc(CN2CCCN(C(=O)c3cccc(OC)c3F)CC2)n1. The van der Waals surface area contributed by atoms with Crippen LogP contribution in [0.4, 0.5) is 4.39 Å². The van der Waals surface area contributed by atoms with Crippen molar-refractivity contribution in [1.29, 1.82) is 0 Å². The summed E-state index contributed by atoms with van der Waals surface area (Å²) in [6.07, 6.45) is 2.83. The summed E-state index contributed by atoms with van der Waals surface area (Å²) in [5.74, 6) is -0.775. The molecule has 0 aliphatic carbocycles. The first kappa shape index (κ1) is 18.4. The van der Waals surface area contributed by atoms with Gasteiger partial charge in [0.2, 0.25) is 0 Å². The van der Waals surface area contributed by atoms with Crippen LogP contribution < -0.4 is 4.74 Å². The van der Waals surface area contributed by atoms with E-state index in [1.165, 1.54) is 19.2 Å². The van der Waals surface area contributed by atoms with Crippen molar-refractivity contribution in [3.63, 3.8) is 0 Å². The third kappa shape index (κ3) is 4.04. The summed E-state index contributed by atoms with van der Waals surface area (Å²) >= 11 is 0. The number of ether oxygens (including phenoxy) is 1. The van der Waals surface area contributed by atoms with Gasteiger partial charge in [0.1, 0.15) is 0 Å². The van der Waals surface area contributed by atoms with Crippen LogP contribution in [0.1, 0.15) is 29.4 Å². The smallest absolute Gasteiger partial charge is 0.257 e. The Balaban J connectivity index is 1.63. The van der Waals surface area contributed by atoms with E-state index in [9.17, 15) is 9.18 Å². The monoisotopic (exact) mass is 360 g/mol. The Morgan fingerprint density at radius 1 is 1.23 bits per heavy atom. The highest BCUT2D eigenvalue weighted by atomic mass is 19.1. The van der Waals surface area contributed by atoms with E-state index in [-0.39, 0.29) is 17.2 Å². The lowest BCUT2D eigenvalue weighted by atomic mass is 10.1. The van der Waals surface area contributed by atoms with Crippen LogP contribution in [0.25, 0.3) is 0 Å². The van der Waals surface area contributed by atoms with Gasteiger partial charge < -0.3 is 9.64 Å². The number of carbonyl (C=O) groups excluding carboxylic acids is 1. The fourth-order valence-corrected chi connectivity index (χ4v) is 3.23. The number of nitrogens with zero attached hydrogens (tertiary/aromatic N) is 4. The number of amides is 1. The highest BCUT2D eigenvalue weighted by Crippen LogP contribution is 2.22. The number of hydrogen-bond acceptors (Lipinski definition) is 4. The van der Waals surface area contributed by atoms with E-state index in [1.54, 1.807) is 11.0 Å². The van der Waals surface area contributed by atoms with Gasteiger partial charge in [0.25, 0.3) is 5.91 Å². The zero-order valence-corrected chi connectivity index (χ0v) is 15.3. The fourth-order valence-electron chi connectivity index (χ4n) is 3.23. The van der Waals surface area contributed by atoms with Crippen LogP contribution in [0.2, 0.25) is 0 Å². The summed E-state index contributed by atoms with van der Waals surface area (Å²) < 4.78 is 21.3. The first-order chi connectivity index (χ1) is 12.6. The van der Waals surface area contributed by atoms with Crippen LogP contribution in [-0.4, -0.2) is 58.8 Å². The average Bonchev–Trinajstić information content (AvgIpc) is 2.98. The van der Waals surface area contributed by atoms with E-state index < -0.39 is 5.82 Å². The minimum Gasteiger partial charge on any atom is -0.494 e. The zero-order chi connectivity index (χ0) is 18.5. The van der Waals surface area contributed by atoms with Crippen LogP contribution in [0.3, 0.4) is 0 Å². The Labute approximate surface area is 153 Å². The van der Waals surface area contributed by atoms with E-state index in [2.05, 4.69) is 16.9 Å². The Kier molecular flexibility index (Phi) is 5.88. The quantitative estimate of drug-likeness (QED) is 0.822. The highest BCUT2D eigenvalue weighted by Gasteiger charge is 2.24. The average molecular weight is 360 g/mol. The first-order valence-corrected chi connectivity index (χ1v) is 8.98. The van der Waals surface area contributed by atoms with Crippen molar-refractivity contribution in [3.8, 4) is 5.75 Å². The molecule has 2 aromatic rings. The number of halogens is 1. The lowest BCUT2D eigenvalue weighted by Crippen LogP contribution is -2.35. The van der Waals surface area contributed by atoms with E-state index in [1.807, 2.05) is 16.9 Å². The molecule has 2 heterocycles. The molecule has 7 heteroatoms. The fraction of sp³-hybridized carbons (Fsp3) is 0.474. The van der Waals surface area contributed by atoms with Crippen LogP contribution in [-0.2, 0) is 13.1 Å². The predicted molar refractivity (Wildman–Crippen MR) is 96.7 cm³/mol. The molecule has 1 aliphatic rings. The van der Waals surface area contributed by atoms with Gasteiger partial charge in [-0.3, -0.25) is 14.4 Å². The van der Waals surface area contributed by atoms with Crippen molar-refractivity contribution < 1.29 is 13.9 Å². The largest absolute Gasteiger partial charge is 0.494 e. The van der Waals surface area contributed by atoms with Crippen molar-refractivity contribution in [2.24, 2.45) is 0 Å². The Morgan fingerprint density at radius 3 is 2.81 bits per heavy atom. The van der Waals surface area contributed by atoms with Crippen molar-refractivity contribution in [2.45, 2.75) is 26.4 Å². The number of aryl methyl sites for hydroxylation is 1. The number of methoxy groups -OCH3 is 1. The molecule has 1 saturated heterocycles. The molecule has 1 aromatic carbocycles. The van der Waals surface area contributed by atoms with E-state index in [0.717, 1.165) is 38.3 Å². The van der Waals surface area contributed by atoms with Crippen LogP contribution >= 0.6 is 0 Å². The van der Waals surface area contributed by atoms with E-state index in [0.29, 0.717) is 13.1 Å². The van der Waals surface area contributed by atoms with Gasteiger partial charge in [-0.25, -0.2) is 4.39 Å². The summed E-state index contributed by atoms with van der Waals surface area (Å²) in [5, 5.41) is 4.52. The molecule has 0 N–H and O–H groups in total. The lowest BCUT2D eigenvalue weighted by Gasteiger charge is -2.22. The third-order valence-corrected chi connectivity index (χ3v) is 4.69. The van der Waals surface area contributed by atoms with Gasteiger partial charge in [-0.05, 0) is 31.5 Å². The van der Waals surface area contributed by atoms with Gasteiger partial charge in [0.05, 0.1) is 18.4 Å². The van der Waals surface area contributed by atoms with E-state index >= 15 is 0 Å². The van der Waals surface area contributed by atoms with Crippen molar-refractivity contribution >= 4 is 5.91 Å². The summed E-state index contributed by atoms with van der Waals surface area (Å²) in [6.45, 7) is 6.51. The molecule has 140 valence electrons. The Morgan fingerprint density at radius 2 is 2.08 bits per heavy atom. The van der Waals surface area contributed by atoms with Gasteiger partial charge >= 0.3 is 0 Å². The second kappa shape index (κ2) is 8.31. The summed E-state index contributed by atoms with van der Waals surface area (Å²) in [6, 6.07) is 6.71. The van der Waals surface area contributed by atoms with Crippen molar-refractivity contribution in [2.75, 3.05) is 33.3 Å². The molecule has 26 heavy (non-hydrogen) atoms. The van der Waals surface area contributed by atoms with Crippen LogP contribution in [0.15, 0.2) is 30.5 Å². The molecular formula is C19H25FN4O2. The maximum absolute atomic E-state index is 14.4. The molecule has 6 nitrogen and oxygen atoms in total. The molecule has 0 saturated carbocycles. The van der Waals surface area contributed by atoms with Gasteiger partial charge in [-0.1, -0.05) is 6.07 Å². The third-order valence-electron chi connectivity index (χ3n) is 4.69. The molecule has 0 unspecified atom stereocenters. The molecule has 1 aliphatic heterocycles. The van der Waals surface area contributed by atoms with Gasteiger partial charge in [-0.15, -0.1) is 0 Å². The molecule has 1 fully saturated rings. The maximum Gasteiger partial charge on any atom is 0.257 e. The second-order valence-corrected chi connectivity index (χ2v) is 6.41. The standard InChI is InChI=1S/C19H25FN4O2/c1-3-24-11-8-15(21-24)14-22-9-5-10-23(13-12-22)19(25)16-6-4-7-17(26-2)18(16)20/h4,6-8,11H,3,5,9-10,12-14H2,1-2H3. The van der Waals surface area contributed by atoms with Crippen molar-refractivity contribution in [3.05, 3.63) is 47.5 Å². The molecule has 0 bridgehead atoms. The number of rotatable bonds is 5. The maximum atomic E-state index is 14.4. The van der Waals surface area contributed by atoms with Crippen LogP contribution in [0.5, 0.6) is 5.75 Å². The number of hydrogen-bond donors (Lipinski definition) is 0. The molecule has 0 spiro atoms. The van der Waals surface area contributed by atoms with Gasteiger partial charge in [-0.2, -0.15) is 5.10 Å². The highest BCUT2D eigenvalue weighted by molar-refractivity contribution is 5.95. The summed E-state index contributed by atoms with van der Waals surface area (Å²) in [4.78, 5) is 16.8. The molecule has 1 amide bonds. The summed E-state index contributed by atoms with van der Waals surface area (Å²) in [7, 11) is 1.40. The number of benzene rings is 1. The minimum atomic E-state index is -0.591.